The van der Waals surface area contributed by atoms with Crippen molar-refractivity contribution < 1.29 is 9.47 Å². The van der Waals surface area contributed by atoms with Gasteiger partial charge < -0.3 is 9.47 Å². The van der Waals surface area contributed by atoms with Crippen LogP contribution >= 0.6 is 54.8 Å². The molecular weight excluding hydrogens is 427 g/mol. The maximum absolute atomic E-state index is 5.98. The van der Waals surface area contributed by atoms with Gasteiger partial charge in [-0.1, -0.05) is 33.6 Å². The van der Waals surface area contributed by atoms with Crippen LogP contribution in [0.5, 0.6) is 5.75 Å². The lowest BCUT2D eigenvalue weighted by molar-refractivity contribution is 0.146. The van der Waals surface area contributed by atoms with Crippen molar-refractivity contribution in [1.29, 1.82) is 0 Å². The van der Waals surface area contributed by atoms with Crippen molar-refractivity contribution in [2.75, 3.05) is 20.3 Å². The molecule has 2 aromatic rings. The van der Waals surface area contributed by atoms with E-state index in [1.54, 1.807) is 18.4 Å². The highest BCUT2D eigenvalue weighted by molar-refractivity contribution is 9.10. The van der Waals surface area contributed by atoms with Crippen LogP contribution in [0.25, 0.3) is 0 Å². The Morgan fingerprint density at radius 1 is 1.25 bits per heavy atom. The Balaban J connectivity index is 2.12. The van der Waals surface area contributed by atoms with Crippen LogP contribution in [0.4, 0.5) is 0 Å². The second-order valence-electron chi connectivity index (χ2n) is 4.04. The van der Waals surface area contributed by atoms with Crippen molar-refractivity contribution in [2.45, 2.75) is 4.83 Å². The summed E-state index contributed by atoms with van der Waals surface area (Å²) in [5.41, 5.74) is 1.15. The summed E-state index contributed by atoms with van der Waals surface area (Å²) in [4.78, 5) is 1.30. The standard InChI is InChI=1S/C14H13Br2ClO2S/c1-18-6-7-19-11-3-2-9(8-10(11)15)14(16)12-4-5-13(17)20-12/h2-5,8,14H,6-7H2,1H3. The highest BCUT2D eigenvalue weighted by Crippen LogP contribution is 2.39. The van der Waals surface area contributed by atoms with Crippen molar-refractivity contribution in [2.24, 2.45) is 0 Å². The molecule has 0 saturated carbocycles. The Bertz CT molecular complexity index is 574. The second-order valence-corrected chi connectivity index (χ2v) is 7.55. The topological polar surface area (TPSA) is 18.5 Å². The molecule has 0 aliphatic carbocycles. The van der Waals surface area contributed by atoms with E-state index in [2.05, 4.69) is 37.9 Å². The minimum atomic E-state index is 0.129. The van der Waals surface area contributed by atoms with E-state index in [1.165, 1.54) is 4.88 Å². The van der Waals surface area contributed by atoms with Gasteiger partial charge in [-0.25, -0.2) is 0 Å². The fraction of sp³-hybridized carbons (Fsp3) is 0.286. The van der Waals surface area contributed by atoms with E-state index >= 15 is 0 Å². The third-order valence-corrected chi connectivity index (χ3v) is 5.88. The van der Waals surface area contributed by atoms with Crippen LogP contribution < -0.4 is 4.74 Å². The largest absolute Gasteiger partial charge is 0.490 e. The van der Waals surface area contributed by atoms with Gasteiger partial charge in [-0.05, 0) is 45.8 Å². The van der Waals surface area contributed by atoms with E-state index in [0.717, 1.165) is 20.1 Å². The maximum Gasteiger partial charge on any atom is 0.133 e. The molecule has 2 nitrogen and oxygen atoms in total. The van der Waals surface area contributed by atoms with Crippen LogP contribution in [0.15, 0.2) is 34.8 Å². The fourth-order valence-electron chi connectivity index (χ4n) is 1.66. The Morgan fingerprint density at radius 3 is 2.65 bits per heavy atom. The zero-order chi connectivity index (χ0) is 14.5. The number of hydrogen-bond donors (Lipinski definition) is 0. The van der Waals surface area contributed by atoms with E-state index in [0.29, 0.717) is 13.2 Å². The Hall–Kier alpha value is -0.0700. The summed E-state index contributed by atoms with van der Waals surface area (Å²) in [6.07, 6.45) is 0. The molecule has 0 N–H and O–H groups in total. The number of halogens is 3. The summed E-state index contributed by atoms with van der Waals surface area (Å²) >= 11 is 14.8. The quantitative estimate of drug-likeness (QED) is 0.425. The van der Waals surface area contributed by atoms with Crippen molar-refractivity contribution in [1.82, 2.24) is 0 Å². The molecule has 20 heavy (non-hydrogen) atoms. The summed E-state index contributed by atoms with van der Waals surface area (Å²) in [7, 11) is 1.66. The van der Waals surface area contributed by atoms with Crippen LogP contribution in [-0.4, -0.2) is 20.3 Å². The third-order valence-electron chi connectivity index (χ3n) is 2.64. The number of thiophene rings is 1. The minimum Gasteiger partial charge on any atom is -0.490 e. The van der Waals surface area contributed by atoms with Gasteiger partial charge in [-0.3, -0.25) is 0 Å². The van der Waals surface area contributed by atoms with Crippen LogP contribution in [0.1, 0.15) is 15.3 Å². The third kappa shape index (κ3) is 4.21. The van der Waals surface area contributed by atoms with Gasteiger partial charge >= 0.3 is 0 Å². The molecular formula is C14H13Br2ClO2S. The average Bonchev–Trinajstić information content (AvgIpc) is 2.86. The van der Waals surface area contributed by atoms with Crippen molar-refractivity contribution in [3.8, 4) is 5.75 Å². The van der Waals surface area contributed by atoms with Crippen molar-refractivity contribution in [3.63, 3.8) is 0 Å². The summed E-state index contributed by atoms with van der Waals surface area (Å²) < 4.78 is 12.3. The molecule has 1 aromatic heterocycles. The molecule has 0 radical (unpaired) electrons. The number of hydrogen-bond acceptors (Lipinski definition) is 3. The summed E-state index contributed by atoms with van der Waals surface area (Å²) in [6.45, 7) is 1.11. The molecule has 0 saturated heterocycles. The first kappa shape index (κ1) is 16.3. The molecule has 0 amide bonds. The number of rotatable bonds is 6. The lowest BCUT2D eigenvalue weighted by atomic mass is 10.1. The molecule has 6 heteroatoms. The minimum absolute atomic E-state index is 0.129. The average molecular weight is 441 g/mol. The van der Waals surface area contributed by atoms with Gasteiger partial charge in [0.1, 0.15) is 12.4 Å². The molecule has 2 rings (SSSR count). The highest BCUT2D eigenvalue weighted by atomic mass is 79.9. The maximum atomic E-state index is 5.98. The van der Waals surface area contributed by atoms with Gasteiger partial charge in [0.25, 0.3) is 0 Å². The number of methoxy groups -OCH3 is 1. The molecule has 0 bridgehead atoms. The van der Waals surface area contributed by atoms with Crippen molar-refractivity contribution in [3.05, 3.63) is 49.6 Å². The zero-order valence-electron chi connectivity index (χ0n) is 10.7. The molecule has 0 aliphatic heterocycles. The van der Waals surface area contributed by atoms with E-state index in [9.17, 15) is 0 Å². The molecule has 1 atom stereocenters. The van der Waals surface area contributed by atoms with E-state index in [4.69, 9.17) is 21.1 Å². The lowest BCUT2D eigenvalue weighted by Gasteiger charge is -2.12. The van der Waals surface area contributed by atoms with Crippen LogP contribution in [0, 0.1) is 0 Å². The molecule has 0 aliphatic rings. The van der Waals surface area contributed by atoms with Crippen LogP contribution in [0.3, 0.4) is 0 Å². The first-order valence-corrected chi connectivity index (χ1v) is 8.82. The highest BCUT2D eigenvalue weighted by Gasteiger charge is 2.14. The van der Waals surface area contributed by atoms with Gasteiger partial charge in [-0.15, -0.1) is 11.3 Å². The van der Waals surface area contributed by atoms with E-state index in [-0.39, 0.29) is 4.83 Å². The van der Waals surface area contributed by atoms with Crippen molar-refractivity contribution >= 4 is 54.8 Å². The fourth-order valence-corrected chi connectivity index (χ4v) is 3.95. The summed E-state index contributed by atoms with van der Waals surface area (Å²) in [5.74, 6) is 0.815. The van der Waals surface area contributed by atoms with Gasteiger partial charge in [0.05, 0.1) is 20.2 Å². The first-order valence-electron chi connectivity index (χ1n) is 5.92. The molecule has 0 fully saturated rings. The number of alkyl halides is 1. The molecule has 1 heterocycles. The molecule has 0 spiro atoms. The van der Waals surface area contributed by atoms with E-state index < -0.39 is 0 Å². The zero-order valence-corrected chi connectivity index (χ0v) is 15.5. The molecule has 1 unspecified atom stereocenters. The smallest absolute Gasteiger partial charge is 0.133 e. The Kier molecular flexibility index (Phi) is 6.36. The van der Waals surface area contributed by atoms with Gasteiger partial charge in [-0.2, -0.15) is 0 Å². The predicted octanol–water partition coefficient (Wildman–Crippen LogP) is 5.67. The molecule has 1 aromatic carbocycles. The summed E-state index contributed by atoms with van der Waals surface area (Å²) in [5, 5.41) is 0. The Labute approximate surface area is 144 Å². The number of benzene rings is 1. The second kappa shape index (κ2) is 7.80. The monoisotopic (exact) mass is 438 g/mol. The van der Waals surface area contributed by atoms with Gasteiger partial charge in [0.2, 0.25) is 0 Å². The SMILES string of the molecule is COCCOc1ccc(C(Br)c2ccc(Cl)s2)cc1Br. The lowest BCUT2D eigenvalue weighted by Crippen LogP contribution is -2.04. The van der Waals surface area contributed by atoms with Gasteiger partial charge in [0, 0.05) is 12.0 Å². The van der Waals surface area contributed by atoms with Gasteiger partial charge in [0.15, 0.2) is 0 Å². The van der Waals surface area contributed by atoms with Crippen LogP contribution in [0.2, 0.25) is 4.34 Å². The first-order chi connectivity index (χ1) is 9.61. The molecule has 108 valence electrons. The summed E-state index contributed by atoms with van der Waals surface area (Å²) in [6, 6.07) is 9.99. The Morgan fingerprint density at radius 2 is 2.05 bits per heavy atom. The number of ether oxygens (including phenoxy) is 2. The van der Waals surface area contributed by atoms with Crippen LogP contribution in [-0.2, 0) is 4.74 Å². The normalized spacial score (nSPS) is 12.4. The predicted molar refractivity (Wildman–Crippen MR) is 91.6 cm³/mol. The van der Waals surface area contributed by atoms with E-state index in [1.807, 2.05) is 24.3 Å².